The zero-order chi connectivity index (χ0) is 27.6. The fourth-order valence-corrected chi connectivity index (χ4v) is 3.56. The Balaban J connectivity index is 0.00000154. The van der Waals surface area contributed by atoms with Crippen LogP contribution in [0, 0.1) is 5.92 Å². The third-order valence-electron chi connectivity index (χ3n) is 5.11. The third kappa shape index (κ3) is 7.92. The molecule has 0 radical (unpaired) electrons. The van der Waals surface area contributed by atoms with E-state index in [4.69, 9.17) is 5.73 Å². The van der Waals surface area contributed by atoms with Crippen LogP contribution < -0.4 is 21.1 Å². The number of urea groups is 1. The number of nitrogens with zero attached hydrogens (tertiary/aromatic N) is 1. The van der Waals surface area contributed by atoms with Crippen molar-refractivity contribution in [2.24, 2.45) is 11.7 Å². The first-order valence-corrected chi connectivity index (χ1v) is 11.6. The van der Waals surface area contributed by atoms with Gasteiger partial charge in [0.15, 0.2) is 6.04 Å². The van der Waals surface area contributed by atoms with Crippen LogP contribution in [-0.4, -0.2) is 46.9 Å². The van der Waals surface area contributed by atoms with Crippen molar-refractivity contribution in [2.45, 2.75) is 59.5 Å². The molecule has 3 atom stereocenters. The monoisotopic (exact) mass is 514 g/mol. The van der Waals surface area contributed by atoms with Gasteiger partial charge in [-0.25, -0.2) is 14.5 Å². The van der Waals surface area contributed by atoms with E-state index < -0.39 is 48.0 Å². The number of likely N-dealkylation sites (tertiary alicyclic amines) is 1. The molecule has 12 heteroatoms. The van der Waals surface area contributed by atoms with Crippen LogP contribution >= 0.6 is 0 Å². The molecule has 0 saturated carbocycles. The summed E-state index contributed by atoms with van der Waals surface area (Å²) in [4.78, 5) is 37.5. The van der Waals surface area contributed by atoms with E-state index >= 15 is 0 Å². The minimum absolute atomic E-state index is 0.123. The standard InChI is InChI=1S/C20H21F3N4O5.2C2H6/c1-10(12-2-4-13(5-3-12)32-20(21,22)23)26-19(31)27-16(18(29)30)14(17(27)28)8-11-6-7-25-15(24)9-11;2*1-2/h2-6,9-10,14,16,25H,7-8,24H2,1H3,(H,26,31)(H,29,30);2*1-2H3/t10?,14-,16?;;/m1../s1. The average Bonchev–Trinajstić information content (AvgIpc) is 2.82. The maximum Gasteiger partial charge on any atom is 0.573 e. The molecule has 5 N–H and O–H groups in total. The fraction of sp³-hybridized carbons (Fsp3) is 0.458. The van der Waals surface area contributed by atoms with Crippen molar-refractivity contribution in [1.29, 1.82) is 0 Å². The summed E-state index contributed by atoms with van der Waals surface area (Å²) in [7, 11) is 0. The molecule has 1 saturated heterocycles. The molecule has 2 heterocycles. The summed E-state index contributed by atoms with van der Waals surface area (Å²) in [6.07, 6.45) is -1.32. The van der Waals surface area contributed by atoms with Crippen molar-refractivity contribution in [3.05, 3.63) is 53.4 Å². The summed E-state index contributed by atoms with van der Waals surface area (Å²) in [5.74, 6) is -2.90. The van der Waals surface area contributed by atoms with Gasteiger partial charge in [-0.05, 0) is 42.7 Å². The number of hydrogen-bond donors (Lipinski definition) is 4. The van der Waals surface area contributed by atoms with Gasteiger partial charge < -0.3 is 26.2 Å². The Kier molecular flexibility index (Phi) is 11.3. The summed E-state index contributed by atoms with van der Waals surface area (Å²) in [6.45, 7) is 9.99. The van der Waals surface area contributed by atoms with Crippen LogP contribution in [0.1, 0.15) is 52.6 Å². The summed E-state index contributed by atoms with van der Waals surface area (Å²) in [6, 6.07) is 1.85. The van der Waals surface area contributed by atoms with Crippen molar-refractivity contribution in [3.8, 4) is 5.75 Å². The molecule has 2 unspecified atom stereocenters. The minimum atomic E-state index is -4.83. The van der Waals surface area contributed by atoms with Crippen molar-refractivity contribution in [3.63, 3.8) is 0 Å². The number of dihydropyridines is 1. The number of ether oxygens (including phenoxy) is 1. The van der Waals surface area contributed by atoms with E-state index in [0.717, 1.165) is 12.1 Å². The zero-order valence-electron chi connectivity index (χ0n) is 20.8. The number of aliphatic carboxylic acids is 1. The molecular weight excluding hydrogens is 481 g/mol. The quantitative estimate of drug-likeness (QED) is 0.421. The van der Waals surface area contributed by atoms with E-state index in [1.54, 1.807) is 19.1 Å². The van der Waals surface area contributed by atoms with E-state index in [-0.39, 0.29) is 6.42 Å². The second kappa shape index (κ2) is 13.4. The van der Waals surface area contributed by atoms with Gasteiger partial charge in [-0.15, -0.1) is 13.2 Å². The number of allylic oxidation sites excluding steroid dienone is 2. The number of carboxylic acids is 1. The van der Waals surface area contributed by atoms with Gasteiger partial charge in [0, 0.05) is 6.54 Å². The molecule has 36 heavy (non-hydrogen) atoms. The zero-order valence-corrected chi connectivity index (χ0v) is 20.8. The summed E-state index contributed by atoms with van der Waals surface area (Å²) < 4.78 is 40.6. The second-order valence-electron chi connectivity index (χ2n) is 7.35. The number of benzene rings is 1. The molecule has 0 spiro atoms. The number of carboxylic acid groups (broad SMARTS) is 1. The predicted molar refractivity (Wildman–Crippen MR) is 128 cm³/mol. The highest BCUT2D eigenvalue weighted by Crippen LogP contribution is 2.34. The molecule has 2 aliphatic heterocycles. The van der Waals surface area contributed by atoms with Crippen molar-refractivity contribution >= 4 is 17.9 Å². The van der Waals surface area contributed by atoms with E-state index in [0.29, 0.717) is 28.4 Å². The van der Waals surface area contributed by atoms with Gasteiger partial charge >= 0.3 is 18.4 Å². The SMILES string of the molecule is CC.CC.CC(NC(=O)N1C(=O)[C@H](CC2=CCNC(N)=C2)C1C(=O)O)c1ccc(OC(F)(F)F)cc1. The van der Waals surface area contributed by atoms with Crippen LogP contribution in [0.15, 0.2) is 47.8 Å². The van der Waals surface area contributed by atoms with Crippen LogP contribution in [0.25, 0.3) is 0 Å². The Morgan fingerprint density at radius 1 is 1.22 bits per heavy atom. The van der Waals surface area contributed by atoms with Crippen LogP contribution in [0.2, 0.25) is 0 Å². The number of nitrogens with two attached hydrogens (primary N) is 1. The molecule has 0 bridgehead atoms. The van der Waals surface area contributed by atoms with Gasteiger partial charge in [-0.1, -0.05) is 45.9 Å². The predicted octanol–water partition coefficient (Wildman–Crippen LogP) is 4.04. The van der Waals surface area contributed by atoms with E-state index in [2.05, 4.69) is 15.4 Å². The lowest BCUT2D eigenvalue weighted by Crippen LogP contribution is -2.68. The van der Waals surface area contributed by atoms with Gasteiger partial charge in [0.05, 0.1) is 17.8 Å². The molecule has 0 aromatic heterocycles. The minimum Gasteiger partial charge on any atom is -0.480 e. The van der Waals surface area contributed by atoms with Gasteiger partial charge in [-0.3, -0.25) is 4.79 Å². The van der Waals surface area contributed by atoms with Crippen LogP contribution in [0.5, 0.6) is 5.75 Å². The van der Waals surface area contributed by atoms with Crippen LogP contribution in [0.3, 0.4) is 0 Å². The molecular formula is C24H33F3N4O5. The van der Waals surface area contributed by atoms with Crippen LogP contribution in [0.4, 0.5) is 18.0 Å². The molecule has 3 rings (SSSR count). The molecule has 1 fully saturated rings. The van der Waals surface area contributed by atoms with Gasteiger partial charge in [-0.2, -0.15) is 0 Å². The molecule has 200 valence electrons. The number of imide groups is 1. The first-order chi connectivity index (χ1) is 17.0. The number of carbonyl (C=O) groups excluding carboxylic acids is 2. The Hall–Kier alpha value is -3.70. The maximum absolute atomic E-state index is 12.6. The van der Waals surface area contributed by atoms with Crippen molar-refractivity contribution < 1.29 is 37.4 Å². The summed E-state index contributed by atoms with van der Waals surface area (Å²) in [5.41, 5.74) is 6.81. The van der Waals surface area contributed by atoms with Gasteiger partial charge in [0.2, 0.25) is 5.91 Å². The lowest BCUT2D eigenvalue weighted by Gasteiger charge is -2.43. The topological polar surface area (TPSA) is 134 Å². The number of hydrogen-bond acceptors (Lipinski definition) is 6. The number of alkyl halides is 3. The summed E-state index contributed by atoms with van der Waals surface area (Å²) >= 11 is 0. The Morgan fingerprint density at radius 3 is 2.31 bits per heavy atom. The van der Waals surface area contributed by atoms with Gasteiger partial charge in [0.25, 0.3) is 0 Å². The number of nitrogens with one attached hydrogen (secondary N) is 2. The van der Waals surface area contributed by atoms with Crippen LogP contribution in [-0.2, 0) is 9.59 Å². The Labute approximate surface area is 208 Å². The fourth-order valence-electron chi connectivity index (χ4n) is 3.56. The smallest absolute Gasteiger partial charge is 0.480 e. The Morgan fingerprint density at radius 2 is 1.81 bits per heavy atom. The first-order valence-electron chi connectivity index (χ1n) is 11.6. The normalized spacial score (nSPS) is 19.4. The molecule has 9 nitrogen and oxygen atoms in total. The molecule has 0 aliphatic carbocycles. The molecule has 1 aromatic rings. The highest BCUT2D eigenvalue weighted by Gasteiger charge is 2.54. The number of carbonyl (C=O) groups is 3. The lowest BCUT2D eigenvalue weighted by atomic mass is 9.82. The number of β-lactam (4-membered cyclic amide) rings is 1. The summed E-state index contributed by atoms with van der Waals surface area (Å²) in [5, 5.41) is 14.9. The number of rotatable bonds is 6. The highest BCUT2D eigenvalue weighted by molar-refractivity contribution is 6.07. The van der Waals surface area contributed by atoms with Gasteiger partial charge in [0.1, 0.15) is 5.75 Å². The average molecular weight is 515 g/mol. The lowest BCUT2D eigenvalue weighted by molar-refractivity contribution is -0.274. The van der Waals surface area contributed by atoms with E-state index in [9.17, 15) is 32.7 Å². The first kappa shape index (κ1) is 30.3. The third-order valence-corrected chi connectivity index (χ3v) is 5.11. The number of halogens is 3. The second-order valence-corrected chi connectivity index (χ2v) is 7.35. The number of amides is 3. The van der Waals surface area contributed by atoms with E-state index in [1.165, 1.54) is 12.1 Å². The maximum atomic E-state index is 12.6. The molecule has 1 aromatic carbocycles. The van der Waals surface area contributed by atoms with Crippen molar-refractivity contribution in [2.75, 3.05) is 6.54 Å². The van der Waals surface area contributed by atoms with Crippen molar-refractivity contribution in [1.82, 2.24) is 15.5 Å². The molecule has 2 aliphatic rings. The highest BCUT2D eigenvalue weighted by atomic mass is 19.4. The Bertz CT molecular complexity index is 977. The largest absolute Gasteiger partial charge is 0.573 e. The van der Waals surface area contributed by atoms with E-state index in [1.807, 2.05) is 27.7 Å². The molecule has 3 amide bonds.